The van der Waals surface area contributed by atoms with Gasteiger partial charge in [-0.25, -0.2) is 0 Å². The minimum absolute atomic E-state index is 0.0215. The van der Waals surface area contributed by atoms with Crippen LogP contribution < -0.4 is 10.5 Å². The molecule has 2 rings (SSSR count). The van der Waals surface area contributed by atoms with Gasteiger partial charge in [-0.05, 0) is 30.7 Å². The van der Waals surface area contributed by atoms with E-state index < -0.39 is 0 Å². The quantitative estimate of drug-likeness (QED) is 0.634. The van der Waals surface area contributed by atoms with Gasteiger partial charge in [0.15, 0.2) is 0 Å². The molecule has 2 unspecified atom stereocenters. The summed E-state index contributed by atoms with van der Waals surface area (Å²) in [5.41, 5.74) is 5.88. The van der Waals surface area contributed by atoms with E-state index in [0.29, 0.717) is 11.6 Å². The lowest BCUT2D eigenvalue weighted by Gasteiger charge is -2.26. The van der Waals surface area contributed by atoms with E-state index in [1.54, 1.807) is 12.3 Å². The molecule has 0 radical (unpaired) electrons. The zero-order valence-corrected chi connectivity index (χ0v) is 10.9. The summed E-state index contributed by atoms with van der Waals surface area (Å²) >= 11 is 0. The molecule has 1 aliphatic rings. The fourth-order valence-electron chi connectivity index (χ4n) is 2.57. The molecule has 0 aliphatic heterocycles. The Balaban J connectivity index is 1.89. The number of pyridine rings is 1. The Morgan fingerprint density at radius 2 is 2.39 bits per heavy atom. The average molecular weight is 247 g/mol. The molecule has 0 amide bonds. The fourth-order valence-corrected chi connectivity index (χ4v) is 2.57. The van der Waals surface area contributed by atoms with Crippen LogP contribution in [0.2, 0.25) is 0 Å². The fraction of sp³-hybridized carbons (Fsp3) is 0.571. The van der Waals surface area contributed by atoms with Gasteiger partial charge in [0.25, 0.3) is 0 Å². The number of rotatable bonds is 4. The summed E-state index contributed by atoms with van der Waals surface area (Å²) in [5, 5.41) is 7.35. The average Bonchev–Trinajstić information content (AvgIpc) is 2.37. The second kappa shape index (κ2) is 5.85. The molecule has 4 heteroatoms. The summed E-state index contributed by atoms with van der Waals surface area (Å²) in [6, 6.07) is 3.55. The van der Waals surface area contributed by atoms with E-state index in [-0.39, 0.29) is 5.84 Å². The Hall–Kier alpha value is -1.58. The number of hydrogen-bond donors (Lipinski definition) is 2. The molecule has 1 heterocycles. The highest BCUT2D eigenvalue weighted by Crippen LogP contribution is 2.29. The molecule has 0 saturated heterocycles. The summed E-state index contributed by atoms with van der Waals surface area (Å²) in [4.78, 5) is 4.02. The zero-order chi connectivity index (χ0) is 13.0. The van der Waals surface area contributed by atoms with Crippen LogP contribution >= 0.6 is 0 Å². The first-order valence-electron chi connectivity index (χ1n) is 6.58. The predicted octanol–water partition coefficient (Wildman–Crippen LogP) is 2.57. The highest BCUT2D eigenvalue weighted by Gasteiger charge is 2.19. The summed E-state index contributed by atoms with van der Waals surface area (Å²) in [6.07, 6.45) is 6.81. The van der Waals surface area contributed by atoms with Gasteiger partial charge in [0.1, 0.15) is 17.3 Å². The van der Waals surface area contributed by atoms with Crippen molar-refractivity contribution in [1.29, 1.82) is 5.41 Å². The number of nitrogen functional groups attached to an aromatic ring is 1. The molecule has 18 heavy (non-hydrogen) atoms. The van der Waals surface area contributed by atoms with Gasteiger partial charge in [-0.1, -0.05) is 19.8 Å². The normalized spacial score (nSPS) is 23.6. The highest BCUT2D eigenvalue weighted by molar-refractivity contribution is 5.93. The molecule has 3 N–H and O–H groups in total. The van der Waals surface area contributed by atoms with Crippen LogP contribution in [0.25, 0.3) is 0 Å². The molecule has 1 aromatic heterocycles. The summed E-state index contributed by atoms with van der Waals surface area (Å²) < 4.78 is 5.79. The van der Waals surface area contributed by atoms with Crippen molar-refractivity contribution in [2.75, 3.05) is 6.61 Å². The van der Waals surface area contributed by atoms with Crippen LogP contribution in [-0.4, -0.2) is 17.4 Å². The smallest absolute Gasteiger partial charge is 0.141 e. The van der Waals surface area contributed by atoms with Crippen LogP contribution in [0, 0.1) is 17.2 Å². The predicted molar refractivity (Wildman–Crippen MR) is 71.9 cm³/mol. The van der Waals surface area contributed by atoms with Crippen LogP contribution in [0.4, 0.5) is 0 Å². The van der Waals surface area contributed by atoms with Crippen molar-refractivity contribution in [3.8, 4) is 5.75 Å². The van der Waals surface area contributed by atoms with Gasteiger partial charge in [-0.15, -0.1) is 0 Å². The number of nitrogens with one attached hydrogen (secondary N) is 1. The van der Waals surface area contributed by atoms with Crippen LogP contribution in [-0.2, 0) is 0 Å². The molecule has 1 saturated carbocycles. The van der Waals surface area contributed by atoms with Crippen LogP contribution in [0.15, 0.2) is 18.3 Å². The summed E-state index contributed by atoms with van der Waals surface area (Å²) in [6.45, 7) is 3.07. The topological polar surface area (TPSA) is 72.0 Å². The first kappa shape index (κ1) is 12.9. The van der Waals surface area contributed by atoms with Gasteiger partial charge in [0.2, 0.25) is 0 Å². The number of nitrogens with two attached hydrogens (primary N) is 1. The van der Waals surface area contributed by atoms with E-state index in [9.17, 15) is 0 Å². The Morgan fingerprint density at radius 3 is 3.11 bits per heavy atom. The second-order valence-corrected chi connectivity index (χ2v) is 5.24. The van der Waals surface area contributed by atoms with Gasteiger partial charge < -0.3 is 10.5 Å². The Labute approximate surface area is 108 Å². The van der Waals surface area contributed by atoms with E-state index >= 15 is 0 Å². The van der Waals surface area contributed by atoms with Crippen molar-refractivity contribution >= 4 is 5.84 Å². The first-order valence-corrected chi connectivity index (χ1v) is 6.58. The van der Waals surface area contributed by atoms with Gasteiger partial charge >= 0.3 is 0 Å². The van der Waals surface area contributed by atoms with Crippen LogP contribution in [0.3, 0.4) is 0 Å². The van der Waals surface area contributed by atoms with Crippen molar-refractivity contribution in [1.82, 2.24) is 4.98 Å². The zero-order valence-electron chi connectivity index (χ0n) is 10.9. The molecule has 4 nitrogen and oxygen atoms in total. The Bertz CT molecular complexity index is 419. The van der Waals surface area contributed by atoms with Crippen molar-refractivity contribution in [3.63, 3.8) is 0 Å². The highest BCUT2D eigenvalue weighted by atomic mass is 16.5. The lowest BCUT2D eigenvalue weighted by Crippen LogP contribution is -2.20. The molecule has 2 atom stereocenters. The molecule has 1 aliphatic carbocycles. The molecular formula is C14H21N3O. The van der Waals surface area contributed by atoms with Crippen LogP contribution in [0.1, 0.15) is 38.3 Å². The minimum Gasteiger partial charge on any atom is -0.493 e. The van der Waals surface area contributed by atoms with Crippen molar-refractivity contribution in [2.45, 2.75) is 32.6 Å². The molecule has 0 aromatic carbocycles. The molecule has 0 bridgehead atoms. The van der Waals surface area contributed by atoms with E-state index in [1.165, 1.54) is 25.7 Å². The monoisotopic (exact) mass is 247 g/mol. The van der Waals surface area contributed by atoms with Gasteiger partial charge in [-0.2, -0.15) is 0 Å². The summed E-state index contributed by atoms with van der Waals surface area (Å²) in [7, 11) is 0. The van der Waals surface area contributed by atoms with E-state index in [4.69, 9.17) is 15.9 Å². The largest absolute Gasteiger partial charge is 0.493 e. The van der Waals surface area contributed by atoms with Gasteiger partial charge in [0.05, 0.1) is 6.61 Å². The number of hydrogen-bond acceptors (Lipinski definition) is 3. The second-order valence-electron chi connectivity index (χ2n) is 5.24. The first-order chi connectivity index (χ1) is 8.65. The van der Waals surface area contributed by atoms with Crippen LogP contribution in [0.5, 0.6) is 5.75 Å². The number of amidine groups is 1. The molecule has 1 aromatic rings. The molecular weight excluding hydrogens is 226 g/mol. The third-order valence-corrected chi connectivity index (χ3v) is 3.54. The van der Waals surface area contributed by atoms with Gasteiger partial charge in [0, 0.05) is 12.3 Å². The lowest BCUT2D eigenvalue weighted by molar-refractivity contribution is 0.182. The van der Waals surface area contributed by atoms with E-state index in [1.807, 2.05) is 6.07 Å². The third-order valence-electron chi connectivity index (χ3n) is 3.54. The third kappa shape index (κ3) is 3.45. The Morgan fingerprint density at radius 1 is 1.56 bits per heavy atom. The number of ether oxygens (including phenoxy) is 1. The van der Waals surface area contributed by atoms with E-state index in [2.05, 4.69) is 11.9 Å². The van der Waals surface area contributed by atoms with Crippen molar-refractivity contribution in [3.05, 3.63) is 24.0 Å². The number of aromatic nitrogens is 1. The lowest BCUT2D eigenvalue weighted by atomic mass is 9.83. The van der Waals surface area contributed by atoms with E-state index in [0.717, 1.165) is 18.3 Å². The Kier molecular flexibility index (Phi) is 4.18. The van der Waals surface area contributed by atoms with Gasteiger partial charge in [-0.3, -0.25) is 10.4 Å². The standard InChI is InChI=1S/C14H21N3O/c1-10-3-2-4-11(7-10)9-18-12-5-6-17-13(8-12)14(15)16/h5-6,8,10-11H,2-4,7,9H2,1H3,(H3,15,16). The molecule has 98 valence electrons. The maximum absolute atomic E-state index is 7.35. The molecule has 1 fully saturated rings. The number of nitrogens with zero attached hydrogens (tertiary/aromatic N) is 1. The minimum atomic E-state index is -0.0215. The summed E-state index contributed by atoms with van der Waals surface area (Å²) in [5.74, 6) is 2.21. The van der Waals surface area contributed by atoms with Crippen molar-refractivity contribution < 1.29 is 4.74 Å². The molecule has 0 spiro atoms. The van der Waals surface area contributed by atoms with Crippen molar-refractivity contribution in [2.24, 2.45) is 17.6 Å². The SMILES string of the molecule is CC1CCCC(COc2ccnc(C(=N)N)c2)C1. The maximum Gasteiger partial charge on any atom is 0.141 e. The maximum atomic E-state index is 7.35.